The number of benzene rings is 3. The molecular formula is C45H52O10S2. The standard InChI is InChI=1S/C33H37O3S.C12H16O7S/c1-22-14-30(37(28-10-6-4-7-11-28)29-12-8-5-9-13-29)15-23(2)32(22)35-21-31(34)36-33(3)26-17-24-16-25(19-26)20-27(33)18-24;13-10(5-20(15,16)17)19-11-7-1-6-2-8(4-7)12(14)18-9(11)3-6/h4-15,24-27H,16-21H2,1-3H3;6-9,11H,1-5H2,(H,15,16,17)/q+1;/p-1. The van der Waals surface area contributed by atoms with Crippen LogP contribution in [-0.4, -0.2) is 61.0 Å². The van der Waals surface area contributed by atoms with Gasteiger partial charge < -0.3 is 23.5 Å². The monoisotopic (exact) mass is 816 g/mol. The molecule has 6 saturated carbocycles. The Kier molecular flexibility index (Phi) is 11.2. The van der Waals surface area contributed by atoms with Gasteiger partial charge in [0.1, 0.15) is 39.4 Å². The van der Waals surface area contributed by atoms with Crippen LogP contribution in [0.1, 0.15) is 75.8 Å². The fourth-order valence-corrected chi connectivity index (χ4v) is 13.9. The second kappa shape index (κ2) is 16.1. The molecule has 304 valence electrons. The van der Waals surface area contributed by atoms with Crippen LogP contribution >= 0.6 is 0 Å². The lowest BCUT2D eigenvalue weighted by atomic mass is 9.50. The maximum absolute atomic E-state index is 13.0. The molecule has 6 aliphatic carbocycles. The Balaban J connectivity index is 0.000000192. The minimum absolute atomic E-state index is 0.0160. The Morgan fingerprint density at radius 3 is 1.89 bits per heavy atom. The molecule has 2 saturated heterocycles. The molecule has 8 bridgehead atoms. The minimum Gasteiger partial charge on any atom is -0.748 e. The summed E-state index contributed by atoms with van der Waals surface area (Å²) in [5.41, 5.74) is 1.78. The molecule has 11 rings (SSSR count). The maximum atomic E-state index is 13.0. The molecule has 57 heavy (non-hydrogen) atoms. The van der Waals surface area contributed by atoms with Crippen LogP contribution in [0, 0.1) is 55.3 Å². The van der Waals surface area contributed by atoms with Crippen LogP contribution in [0.2, 0.25) is 0 Å². The van der Waals surface area contributed by atoms with Gasteiger partial charge in [-0.1, -0.05) is 36.4 Å². The molecule has 12 heteroatoms. The van der Waals surface area contributed by atoms with Crippen LogP contribution in [0.4, 0.5) is 0 Å². The van der Waals surface area contributed by atoms with E-state index in [4.69, 9.17) is 18.9 Å². The van der Waals surface area contributed by atoms with E-state index in [1.54, 1.807) is 0 Å². The van der Waals surface area contributed by atoms with Crippen molar-refractivity contribution in [2.45, 2.75) is 111 Å². The van der Waals surface area contributed by atoms with Crippen molar-refractivity contribution in [3.63, 3.8) is 0 Å². The number of carbonyl (C=O) groups excluding carboxylic acids is 3. The predicted molar refractivity (Wildman–Crippen MR) is 211 cm³/mol. The van der Waals surface area contributed by atoms with Crippen molar-refractivity contribution in [2.75, 3.05) is 12.4 Å². The highest BCUT2D eigenvalue weighted by molar-refractivity contribution is 7.97. The first-order valence-electron chi connectivity index (χ1n) is 20.4. The lowest BCUT2D eigenvalue weighted by Crippen LogP contribution is -2.58. The van der Waals surface area contributed by atoms with Crippen molar-refractivity contribution in [1.29, 1.82) is 0 Å². The summed E-state index contributed by atoms with van der Waals surface area (Å²) in [5.74, 6) is 1.08. The molecule has 8 aliphatic rings. The third-order valence-corrected chi connectivity index (χ3v) is 16.2. The summed E-state index contributed by atoms with van der Waals surface area (Å²) in [5, 5.41) is 0. The average molecular weight is 817 g/mol. The second-order valence-corrected chi connectivity index (χ2v) is 20.9. The van der Waals surface area contributed by atoms with E-state index in [9.17, 15) is 27.4 Å². The number of rotatable bonds is 10. The van der Waals surface area contributed by atoms with E-state index in [1.165, 1.54) is 46.8 Å². The van der Waals surface area contributed by atoms with Crippen LogP contribution in [0.5, 0.6) is 5.75 Å². The van der Waals surface area contributed by atoms with Gasteiger partial charge in [-0.25, -0.2) is 13.2 Å². The first kappa shape index (κ1) is 39.9. The van der Waals surface area contributed by atoms with Gasteiger partial charge in [0.25, 0.3) is 0 Å². The van der Waals surface area contributed by atoms with E-state index in [0.717, 1.165) is 41.6 Å². The van der Waals surface area contributed by atoms with E-state index in [0.29, 0.717) is 30.6 Å². The number of carbonyl (C=O) groups is 3. The Hall–Kier alpha value is -3.87. The summed E-state index contributed by atoms with van der Waals surface area (Å²) in [6, 6.07) is 25.8. The molecule has 0 spiro atoms. The minimum atomic E-state index is -4.65. The molecule has 0 radical (unpaired) electrons. The first-order valence-corrected chi connectivity index (χ1v) is 23.2. The SMILES string of the molecule is Cc1cc([S+](c2ccccc2)c2ccccc2)cc(C)c1OCC(=O)OC1(C)C2CC3CC(C2)CC1C3.O=C(CS(=O)(=O)[O-])OC1C2CC3CC(C2)C(=O)OC1C3. The van der Waals surface area contributed by atoms with E-state index in [-0.39, 0.29) is 46.9 Å². The Labute approximate surface area is 338 Å². The Bertz CT molecular complexity index is 2000. The van der Waals surface area contributed by atoms with Crippen molar-refractivity contribution in [2.24, 2.45) is 41.4 Å². The smallest absolute Gasteiger partial charge is 0.344 e. The predicted octanol–water partition coefficient (Wildman–Crippen LogP) is 7.34. The highest BCUT2D eigenvalue weighted by Gasteiger charge is 2.57. The fraction of sp³-hybridized carbons (Fsp3) is 0.533. The molecule has 0 amide bonds. The van der Waals surface area contributed by atoms with Crippen LogP contribution in [-0.2, 0) is 49.6 Å². The molecule has 3 aromatic rings. The first-order chi connectivity index (χ1) is 27.2. The van der Waals surface area contributed by atoms with Gasteiger partial charge in [-0.15, -0.1) is 0 Å². The van der Waals surface area contributed by atoms with E-state index in [2.05, 4.69) is 93.6 Å². The summed E-state index contributed by atoms with van der Waals surface area (Å²) in [6.07, 6.45) is 8.09. The average Bonchev–Trinajstić information content (AvgIpc) is 3.31. The zero-order valence-electron chi connectivity index (χ0n) is 32.8. The fourth-order valence-electron chi connectivity index (χ4n) is 11.2. The Morgan fingerprint density at radius 1 is 0.772 bits per heavy atom. The lowest BCUT2D eigenvalue weighted by Gasteiger charge is -2.59. The van der Waals surface area contributed by atoms with Gasteiger partial charge >= 0.3 is 17.9 Å². The third kappa shape index (κ3) is 8.64. The van der Waals surface area contributed by atoms with Gasteiger partial charge in [0, 0.05) is 18.1 Å². The largest absolute Gasteiger partial charge is 0.748 e. The third-order valence-electron chi connectivity index (χ3n) is 13.5. The van der Waals surface area contributed by atoms with Crippen LogP contribution in [0.15, 0.2) is 87.5 Å². The van der Waals surface area contributed by atoms with Crippen LogP contribution in [0.25, 0.3) is 0 Å². The number of hydrogen-bond acceptors (Lipinski definition) is 10. The topological polar surface area (TPSA) is 145 Å². The normalized spacial score (nSPS) is 31.9. The van der Waals surface area contributed by atoms with Crippen molar-refractivity contribution >= 4 is 38.9 Å². The van der Waals surface area contributed by atoms with Crippen molar-refractivity contribution < 1.29 is 46.3 Å². The Morgan fingerprint density at radius 2 is 1.33 bits per heavy atom. The van der Waals surface area contributed by atoms with E-state index >= 15 is 0 Å². The number of hydrogen-bond donors (Lipinski definition) is 0. The van der Waals surface area contributed by atoms with Crippen molar-refractivity contribution in [3.8, 4) is 5.75 Å². The summed E-state index contributed by atoms with van der Waals surface area (Å²) in [4.78, 5) is 40.2. The van der Waals surface area contributed by atoms with Gasteiger partial charge in [-0.05, 0) is 144 Å². The second-order valence-electron chi connectivity index (χ2n) is 17.5. The zero-order chi connectivity index (χ0) is 40.1. The zero-order valence-corrected chi connectivity index (χ0v) is 34.4. The van der Waals surface area contributed by atoms with E-state index < -0.39 is 34.0 Å². The van der Waals surface area contributed by atoms with Crippen molar-refractivity contribution in [3.05, 3.63) is 83.9 Å². The van der Waals surface area contributed by atoms with Gasteiger partial charge in [0.2, 0.25) is 0 Å². The molecule has 2 heterocycles. The number of esters is 3. The molecule has 10 nitrogen and oxygen atoms in total. The maximum Gasteiger partial charge on any atom is 0.344 e. The van der Waals surface area contributed by atoms with E-state index in [1.807, 2.05) is 0 Å². The van der Waals surface area contributed by atoms with Crippen LogP contribution in [0.3, 0.4) is 0 Å². The number of fused-ring (bicyclic) bond motifs is 1. The van der Waals surface area contributed by atoms with Crippen molar-refractivity contribution in [1.82, 2.24) is 0 Å². The highest BCUT2D eigenvalue weighted by Crippen LogP contribution is 2.59. The molecule has 8 fully saturated rings. The summed E-state index contributed by atoms with van der Waals surface area (Å²) in [6.45, 7) is 6.31. The lowest BCUT2D eigenvalue weighted by molar-refractivity contribution is -0.204. The van der Waals surface area contributed by atoms with Gasteiger partial charge in [-0.2, -0.15) is 0 Å². The summed E-state index contributed by atoms with van der Waals surface area (Å²) in [7, 11) is -4.87. The quantitative estimate of drug-likeness (QED) is 0.0882. The molecular weight excluding hydrogens is 765 g/mol. The number of ether oxygens (including phenoxy) is 4. The summed E-state index contributed by atoms with van der Waals surface area (Å²) < 4.78 is 54.5. The van der Waals surface area contributed by atoms with Gasteiger partial charge in [-0.3, -0.25) is 9.59 Å². The molecule has 0 aromatic heterocycles. The van der Waals surface area contributed by atoms with Gasteiger partial charge in [0.15, 0.2) is 21.3 Å². The van der Waals surface area contributed by atoms with Crippen LogP contribution < -0.4 is 4.74 Å². The number of aryl methyl sites for hydroxylation is 2. The molecule has 3 aromatic carbocycles. The van der Waals surface area contributed by atoms with Gasteiger partial charge in [0.05, 0.1) is 16.8 Å². The molecule has 0 N–H and O–H groups in total. The summed E-state index contributed by atoms with van der Waals surface area (Å²) >= 11 is 0. The molecule has 2 aliphatic heterocycles. The molecule has 5 atom stereocenters. The molecule has 5 unspecified atom stereocenters. The highest BCUT2D eigenvalue weighted by atomic mass is 32.2.